The molecule has 0 radical (unpaired) electrons. The fraction of sp³-hybridized carbons (Fsp3) is 0.467. The van der Waals surface area contributed by atoms with E-state index in [2.05, 4.69) is 10.6 Å². The second-order valence-corrected chi connectivity index (χ2v) is 6.74. The lowest BCUT2D eigenvalue weighted by Gasteiger charge is -2.31. The highest BCUT2D eigenvalue weighted by atomic mass is 32.2. The minimum atomic E-state index is -0.758. The molecule has 1 aliphatic carbocycles. The van der Waals surface area contributed by atoms with E-state index in [1.165, 1.54) is 11.8 Å². The fourth-order valence-corrected chi connectivity index (χ4v) is 3.61. The molecule has 1 heterocycles. The molecule has 0 bridgehead atoms. The van der Waals surface area contributed by atoms with Gasteiger partial charge in [-0.1, -0.05) is 19.3 Å². The van der Waals surface area contributed by atoms with Crippen LogP contribution in [0.4, 0.5) is 11.4 Å². The average Bonchev–Trinajstić information content (AvgIpc) is 2.47. The van der Waals surface area contributed by atoms with E-state index in [-0.39, 0.29) is 11.8 Å². The van der Waals surface area contributed by atoms with Gasteiger partial charge in [-0.15, -0.1) is 11.8 Å². The molecule has 4 N–H and O–H groups in total. The third kappa shape index (κ3) is 3.06. The Morgan fingerprint density at radius 3 is 2.81 bits per heavy atom. The second kappa shape index (κ2) is 5.69. The van der Waals surface area contributed by atoms with Gasteiger partial charge in [-0.05, 0) is 31.0 Å². The molecule has 1 aliphatic heterocycles. The summed E-state index contributed by atoms with van der Waals surface area (Å²) in [7, 11) is 0. The number of anilines is 2. The number of thioether (sulfide) groups is 1. The van der Waals surface area contributed by atoms with Crippen LogP contribution in [0, 0.1) is 0 Å². The minimum absolute atomic E-state index is 0.0152. The fourth-order valence-electron chi connectivity index (χ4n) is 2.83. The van der Waals surface area contributed by atoms with E-state index >= 15 is 0 Å². The standard InChI is InChI=1S/C15H19N3O2S/c16-15(6-2-1-3-7-15)14(20)17-10-4-5-12-11(8-10)18-13(19)9-21-12/h4-5,8H,1-3,6-7,9,16H2,(H,17,20)(H,18,19). The Balaban J connectivity index is 1.74. The van der Waals surface area contributed by atoms with Crippen LogP contribution in [0.2, 0.25) is 0 Å². The summed E-state index contributed by atoms with van der Waals surface area (Å²) in [6.45, 7) is 0. The van der Waals surface area contributed by atoms with Gasteiger partial charge in [-0.3, -0.25) is 9.59 Å². The highest BCUT2D eigenvalue weighted by molar-refractivity contribution is 8.00. The van der Waals surface area contributed by atoms with Crippen molar-refractivity contribution in [2.75, 3.05) is 16.4 Å². The third-order valence-electron chi connectivity index (χ3n) is 4.07. The molecular formula is C15H19N3O2S. The smallest absolute Gasteiger partial charge is 0.244 e. The molecule has 2 amide bonds. The molecule has 0 saturated heterocycles. The van der Waals surface area contributed by atoms with Crippen LogP contribution in [0.3, 0.4) is 0 Å². The van der Waals surface area contributed by atoms with Gasteiger partial charge in [0.2, 0.25) is 11.8 Å². The van der Waals surface area contributed by atoms with Crippen molar-refractivity contribution in [1.82, 2.24) is 0 Å². The van der Waals surface area contributed by atoms with Crippen LogP contribution in [0.1, 0.15) is 32.1 Å². The van der Waals surface area contributed by atoms with Gasteiger partial charge in [0.05, 0.1) is 17.0 Å². The number of fused-ring (bicyclic) bond motifs is 1. The van der Waals surface area contributed by atoms with Gasteiger partial charge >= 0.3 is 0 Å². The Morgan fingerprint density at radius 2 is 2.05 bits per heavy atom. The Hall–Kier alpha value is -1.53. The lowest BCUT2D eigenvalue weighted by Crippen LogP contribution is -2.52. The Kier molecular flexibility index (Phi) is 3.91. The minimum Gasteiger partial charge on any atom is -0.324 e. The van der Waals surface area contributed by atoms with E-state index in [4.69, 9.17) is 5.73 Å². The summed E-state index contributed by atoms with van der Waals surface area (Å²) < 4.78 is 0. The van der Waals surface area contributed by atoms with Crippen molar-refractivity contribution in [3.05, 3.63) is 18.2 Å². The molecular weight excluding hydrogens is 286 g/mol. The van der Waals surface area contributed by atoms with Crippen molar-refractivity contribution in [2.24, 2.45) is 5.73 Å². The van der Waals surface area contributed by atoms with Crippen LogP contribution in [-0.4, -0.2) is 23.1 Å². The molecule has 0 aromatic heterocycles. The number of benzene rings is 1. The molecule has 6 heteroatoms. The summed E-state index contributed by atoms with van der Waals surface area (Å²) in [5.41, 5.74) is 6.90. The maximum absolute atomic E-state index is 12.4. The molecule has 0 atom stereocenters. The van der Waals surface area contributed by atoms with Gasteiger partial charge in [-0.25, -0.2) is 0 Å². The maximum atomic E-state index is 12.4. The predicted molar refractivity (Wildman–Crippen MR) is 84.4 cm³/mol. The van der Waals surface area contributed by atoms with E-state index < -0.39 is 5.54 Å². The largest absolute Gasteiger partial charge is 0.324 e. The Bertz CT molecular complexity index is 582. The average molecular weight is 305 g/mol. The SMILES string of the molecule is NC1(C(=O)Nc2ccc3c(c2)NC(=O)CS3)CCCCC1. The van der Waals surface area contributed by atoms with E-state index in [9.17, 15) is 9.59 Å². The van der Waals surface area contributed by atoms with Gasteiger partial charge in [0.1, 0.15) is 0 Å². The predicted octanol–water partition coefficient (Wildman–Crippen LogP) is 2.33. The zero-order valence-electron chi connectivity index (χ0n) is 11.8. The topological polar surface area (TPSA) is 84.2 Å². The molecule has 1 aromatic rings. The first-order valence-corrected chi connectivity index (χ1v) is 8.22. The number of hydrogen-bond acceptors (Lipinski definition) is 4. The van der Waals surface area contributed by atoms with E-state index in [1.54, 1.807) is 6.07 Å². The summed E-state index contributed by atoms with van der Waals surface area (Å²) in [4.78, 5) is 24.8. The Morgan fingerprint density at radius 1 is 1.29 bits per heavy atom. The van der Waals surface area contributed by atoms with Crippen LogP contribution in [0.15, 0.2) is 23.1 Å². The van der Waals surface area contributed by atoms with Crippen molar-refractivity contribution >= 4 is 35.0 Å². The summed E-state index contributed by atoms with van der Waals surface area (Å²) >= 11 is 1.50. The van der Waals surface area contributed by atoms with Crippen LogP contribution in [-0.2, 0) is 9.59 Å². The normalized spacial score (nSPS) is 20.3. The lowest BCUT2D eigenvalue weighted by atomic mass is 9.82. The van der Waals surface area contributed by atoms with Gasteiger partial charge in [0.15, 0.2) is 0 Å². The summed E-state index contributed by atoms with van der Waals surface area (Å²) in [6, 6.07) is 5.57. The number of carbonyl (C=O) groups is 2. The zero-order chi connectivity index (χ0) is 14.9. The molecule has 0 unspecified atom stereocenters. The molecule has 112 valence electrons. The highest BCUT2D eigenvalue weighted by Crippen LogP contribution is 2.34. The third-order valence-corrected chi connectivity index (χ3v) is 5.14. The lowest BCUT2D eigenvalue weighted by molar-refractivity contribution is -0.122. The van der Waals surface area contributed by atoms with Crippen molar-refractivity contribution in [1.29, 1.82) is 0 Å². The van der Waals surface area contributed by atoms with E-state index in [1.807, 2.05) is 12.1 Å². The quantitative estimate of drug-likeness (QED) is 0.783. The van der Waals surface area contributed by atoms with Crippen LogP contribution in [0.5, 0.6) is 0 Å². The Labute approximate surface area is 128 Å². The van der Waals surface area contributed by atoms with Crippen molar-refractivity contribution in [3.8, 4) is 0 Å². The van der Waals surface area contributed by atoms with Crippen LogP contribution in [0.25, 0.3) is 0 Å². The summed E-state index contributed by atoms with van der Waals surface area (Å²) in [5, 5.41) is 5.71. The maximum Gasteiger partial charge on any atom is 0.244 e. The molecule has 2 aliphatic rings. The number of hydrogen-bond donors (Lipinski definition) is 3. The zero-order valence-corrected chi connectivity index (χ0v) is 12.6. The first-order chi connectivity index (χ1) is 10.1. The monoisotopic (exact) mass is 305 g/mol. The van der Waals surface area contributed by atoms with Crippen molar-refractivity contribution in [2.45, 2.75) is 42.5 Å². The van der Waals surface area contributed by atoms with Gasteiger partial charge < -0.3 is 16.4 Å². The number of amides is 2. The molecule has 5 nitrogen and oxygen atoms in total. The molecule has 1 aromatic carbocycles. The van der Waals surface area contributed by atoms with Gasteiger partial charge in [0.25, 0.3) is 0 Å². The molecule has 1 fully saturated rings. The first kappa shape index (κ1) is 14.4. The van der Waals surface area contributed by atoms with Crippen molar-refractivity contribution < 1.29 is 9.59 Å². The van der Waals surface area contributed by atoms with E-state index in [0.29, 0.717) is 11.4 Å². The van der Waals surface area contributed by atoms with E-state index in [0.717, 1.165) is 42.7 Å². The molecule has 3 rings (SSSR count). The second-order valence-electron chi connectivity index (χ2n) is 5.72. The molecule has 21 heavy (non-hydrogen) atoms. The summed E-state index contributed by atoms with van der Waals surface area (Å²) in [5.74, 6) is 0.292. The molecule has 0 spiro atoms. The number of rotatable bonds is 2. The summed E-state index contributed by atoms with van der Waals surface area (Å²) in [6.07, 6.45) is 4.61. The van der Waals surface area contributed by atoms with Crippen LogP contribution < -0.4 is 16.4 Å². The first-order valence-electron chi connectivity index (χ1n) is 7.24. The van der Waals surface area contributed by atoms with Crippen molar-refractivity contribution in [3.63, 3.8) is 0 Å². The van der Waals surface area contributed by atoms with Gasteiger partial charge in [-0.2, -0.15) is 0 Å². The number of carbonyl (C=O) groups excluding carboxylic acids is 2. The number of nitrogens with two attached hydrogens (primary N) is 1. The van der Waals surface area contributed by atoms with Gasteiger partial charge in [0, 0.05) is 10.6 Å². The highest BCUT2D eigenvalue weighted by Gasteiger charge is 2.35. The molecule has 1 saturated carbocycles. The number of nitrogens with one attached hydrogen (secondary N) is 2. The van der Waals surface area contributed by atoms with Crippen LogP contribution >= 0.6 is 11.8 Å².